The predicted octanol–water partition coefficient (Wildman–Crippen LogP) is -0.987. The van der Waals surface area contributed by atoms with Gasteiger partial charge in [0.1, 0.15) is 30.2 Å². The lowest BCUT2D eigenvalue weighted by atomic mass is 10.0. The Morgan fingerprint density at radius 3 is 2.31 bits per heavy atom. The van der Waals surface area contributed by atoms with E-state index in [1.807, 2.05) is 24.3 Å². The molecule has 2 aromatic heterocycles. The van der Waals surface area contributed by atoms with E-state index in [0.717, 1.165) is 16.5 Å². The molecule has 5 atom stereocenters. The lowest BCUT2D eigenvalue weighted by Gasteiger charge is -2.30. The van der Waals surface area contributed by atoms with Gasteiger partial charge in [0.25, 0.3) is 0 Å². The van der Waals surface area contributed by atoms with Crippen LogP contribution in [0.15, 0.2) is 43.0 Å². The number of rotatable bonds is 20. The number of likely N-dealkylation sites (tertiary alicyclic amines) is 1. The van der Waals surface area contributed by atoms with E-state index in [0.29, 0.717) is 50.9 Å². The first kappa shape index (κ1) is 42.0. The minimum Gasteiger partial charge on any atom is -0.368 e. The van der Waals surface area contributed by atoms with Crippen LogP contribution in [0, 0.1) is 5.92 Å². The van der Waals surface area contributed by atoms with Gasteiger partial charge in [-0.2, -0.15) is 0 Å². The maximum atomic E-state index is 14.3. The molecule has 4 rings (SSSR count). The summed E-state index contributed by atoms with van der Waals surface area (Å²) in [4.78, 5) is 104. The van der Waals surface area contributed by atoms with Gasteiger partial charge in [-0.3, -0.25) is 33.6 Å². The lowest BCUT2D eigenvalue weighted by molar-refractivity contribution is -0.142. The number of imidazole rings is 1. The van der Waals surface area contributed by atoms with E-state index < -0.39 is 78.1 Å². The molecular formula is C37H53N11O7. The number of carbonyl (C=O) groups is 7. The summed E-state index contributed by atoms with van der Waals surface area (Å²) < 4.78 is 0. The van der Waals surface area contributed by atoms with Gasteiger partial charge in [0.2, 0.25) is 41.4 Å². The van der Waals surface area contributed by atoms with Crippen molar-refractivity contribution < 1.29 is 33.6 Å². The Morgan fingerprint density at radius 1 is 0.909 bits per heavy atom. The lowest BCUT2D eigenvalue weighted by Crippen LogP contribution is -2.60. The highest BCUT2D eigenvalue weighted by molar-refractivity contribution is 5.97. The average Bonchev–Trinajstić information content (AvgIpc) is 3.93. The van der Waals surface area contributed by atoms with Gasteiger partial charge in [-0.1, -0.05) is 32.0 Å². The molecule has 298 valence electrons. The van der Waals surface area contributed by atoms with Gasteiger partial charge in [0.05, 0.1) is 18.6 Å². The molecule has 0 saturated carbocycles. The fraction of sp³-hybridized carbons (Fsp3) is 0.514. The number of unbranched alkanes of at least 4 members (excludes halogenated alkanes) is 1. The zero-order chi connectivity index (χ0) is 40.1. The van der Waals surface area contributed by atoms with Crippen molar-refractivity contribution >= 4 is 52.3 Å². The molecule has 0 unspecified atom stereocenters. The Hall–Kier alpha value is -5.78. The number of hydrogen-bond donors (Lipinski definition) is 9. The molecule has 0 aliphatic carbocycles. The van der Waals surface area contributed by atoms with Gasteiger partial charge in [-0.15, -0.1) is 0 Å². The maximum absolute atomic E-state index is 14.3. The summed E-state index contributed by atoms with van der Waals surface area (Å²) >= 11 is 0. The maximum Gasteiger partial charge on any atom is 0.245 e. The van der Waals surface area contributed by atoms with Crippen LogP contribution in [0.1, 0.15) is 64.1 Å². The number of aromatic amines is 2. The summed E-state index contributed by atoms with van der Waals surface area (Å²) in [5, 5.41) is 14.3. The zero-order valence-corrected chi connectivity index (χ0v) is 31.5. The van der Waals surface area contributed by atoms with E-state index in [1.54, 1.807) is 26.2 Å². The van der Waals surface area contributed by atoms with Crippen LogP contribution in [0.2, 0.25) is 0 Å². The van der Waals surface area contributed by atoms with Gasteiger partial charge >= 0.3 is 0 Å². The first-order chi connectivity index (χ1) is 26.3. The summed E-state index contributed by atoms with van der Waals surface area (Å²) in [5.41, 5.74) is 12.8. The van der Waals surface area contributed by atoms with Crippen molar-refractivity contribution in [2.24, 2.45) is 17.4 Å². The number of nitrogens with zero attached hydrogens (tertiary/aromatic N) is 2. The smallest absolute Gasteiger partial charge is 0.245 e. The Kier molecular flexibility index (Phi) is 15.3. The van der Waals surface area contributed by atoms with Crippen molar-refractivity contribution in [3.8, 4) is 0 Å². The van der Waals surface area contributed by atoms with Crippen molar-refractivity contribution in [3.63, 3.8) is 0 Å². The number of nitrogens with two attached hydrogens (primary N) is 2. The van der Waals surface area contributed by atoms with Crippen molar-refractivity contribution in [1.82, 2.24) is 46.4 Å². The van der Waals surface area contributed by atoms with Gasteiger partial charge in [0, 0.05) is 49.6 Å². The van der Waals surface area contributed by atoms with Crippen LogP contribution >= 0.6 is 0 Å². The molecule has 1 aliphatic rings. The quantitative estimate of drug-likeness (QED) is 0.0639. The fourth-order valence-corrected chi connectivity index (χ4v) is 6.66. The van der Waals surface area contributed by atoms with Gasteiger partial charge in [-0.05, 0) is 56.2 Å². The minimum absolute atomic E-state index is 0.0245. The fourth-order valence-electron chi connectivity index (χ4n) is 6.66. The van der Waals surface area contributed by atoms with E-state index in [9.17, 15) is 33.6 Å². The first-order valence-corrected chi connectivity index (χ1v) is 18.6. The van der Waals surface area contributed by atoms with Gasteiger partial charge in [-0.25, -0.2) is 4.98 Å². The Labute approximate surface area is 319 Å². The second kappa shape index (κ2) is 20.1. The second-order valence-corrected chi connectivity index (χ2v) is 14.1. The number of para-hydroxylation sites is 1. The number of H-pyrrole nitrogens is 2. The molecule has 3 heterocycles. The van der Waals surface area contributed by atoms with Crippen LogP contribution in [-0.4, -0.2) is 111 Å². The molecule has 3 aromatic rings. The van der Waals surface area contributed by atoms with Gasteiger partial charge < -0.3 is 52.9 Å². The summed E-state index contributed by atoms with van der Waals surface area (Å²) in [5.74, 6) is -4.51. The molecule has 0 radical (unpaired) electrons. The van der Waals surface area contributed by atoms with Crippen LogP contribution in [0.25, 0.3) is 10.9 Å². The second-order valence-electron chi connectivity index (χ2n) is 14.1. The monoisotopic (exact) mass is 763 g/mol. The zero-order valence-electron chi connectivity index (χ0n) is 31.5. The number of primary amides is 1. The van der Waals surface area contributed by atoms with Crippen molar-refractivity contribution in [3.05, 3.63) is 54.2 Å². The predicted molar refractivity (Wildman–Crippen MR) is 202 cm³/mol. The SMILES string of the molecule is CC(=O)N[C@@H](CCCCN)C(=O)N1CCC[C@H]1C(=O)N[C@@H](Cc1c[nH]c2ccccc12)C(=O)N[C@@H](Cc1c[nH]cn1)C(=O)N[C@H](C(=O)NCC(N)=O)C(C)C. The molecule has 1 aliphatic heterocycles. The number of nitrogens with one attached hydrogen (secondary N) is 7. The minimum atomic E-state index is -1.25. The standard InChI is InChI=1S/C37H53N11O7/c1-21(2)32(36(54)42-19-31(39)50)47-34(52)29(16-24-18-40-20-43-24)45-33(51)28(15-23-17-41-26-10-5-4-9-25(23)26)46-35(53)30-12-8-14-48(30)37(55)27(44-22(3)49)11-6-7-13-38/h4-5,9-10,17-18,20-21,27-30,32,41H,6-8,11-16,19,38H2,1-3H3,(H2,39,50)(H,40,43)(H,42,54)(H,44,49)(H,45,51)(H,46,53)(H,47,52)/t27-,28-,29-,30-,32-/m0/s1. The topological polar surface area (TPSA) is 279 Å². The molecular weight excluding hydrogens is 710 g/mol. The Balaban J connectivity index is 1.60. The molecule has 7 amide bonds. The van der Waals surface area contributed by atoms with Crippen molar-refractivity contribution in [1.29, 1.82) is 0 Å². The third kappa shape index (κ3) is 11.9. The normalized spacial score (nSPS) is 16.2. The highest BCUT2D eigenvalue weighted by Crippen LogP contribution is 2.22. The number of benzene rings is 1. The summed E-state index contributed by atoms with van der Waals surface area (Å²) in [7, 11) is 0. The van der Waals surface area contributed by atoms with Gasteiger partial charge in [0.15, 0.2) is 0 Å². The van der Waals surface area contributed by atoms with Crippen LogP contribution in [0.3, 0.4) is 0 Å². The summed E-state index contributed by atoms with van der Waals surface area (Å²) in [6, 6.07) is 2.18. The molecule has 1 fully saturated rings. The largest absolute Gasteiger partial charge is 0.368 e. The van der Waals surface area contributed by atoms with Crippen LogP contribution in [-0.2, 0) is 46.4 Å². The molecule has 18 heteroatoms. The summed E-state index contributed by atoms with van der Waals surface area (Å²) in [6.45, 7) is 5.04. The molecule has 0 bridgehead atoms. The number of hydrogen-bond acceptors (Lipinski definition) is 9. The average molecular weight is 764 g/mol. The van der Waals surface area contributed by atoms with Crippen molar-refractivity contribution in [2.45, 2.75) is 95.9 Å². The van der Waals surface area contributed by atoms with E-state index >= 15 is 0 Å². The van der Waals surface area contributed by atoms with E-state index in [4.69, 9.17) is 11.5 Å². The molecule has 11 N–H and O–H groups in total. The molecule has 1 aromatic carbocycles. The molecule has 55 heavy (non-hydrogen) atoms. The number of amides is 7. The van der Waals surface area contributed by atoms with Crippen LogP contribution in [0.5, 0.6) is 0 Å². The van der Waals surface area contributed by atoms with E-state index in [2.05, 4.69) is 41.5 Å². The Morgan fingerprint density at radius 2 is 1.64 bits per heavy atom. The summed E-state index contributed by atoms with van der Waals surface area (Å²) in [6.07, 6.45) is 7.19. The molecule has 0 spiro atoms. The third-order valence-electron chi connectivity index (χ3n) is 9.48. The first-order valence-electron chi connectivity index (χ1n) is 18.6. The number of fused-ring (bicyclic) bond motifs is 1. The molecule has 18 nitrogen and oxygen atoms in total. The van der Waals surface area contributed by atoms with Crippen LogP contribution in [0.4, 0.5) is 0 Å². The number of carbonyl (C=O) groups excluding carboxylic acids is 7. The van der Waals surface area contributed by atoms with Crippen molar-refractivity contribution in [2.75, 3.05) is 19.6 Å². The van der Waals surface area contributed by atoms with E-state index in [-0.39, 0.29) is 18.7 Å². The molecule has 1 saturated heterocycles. The van der Waals surface area contributed by atoms with Crippen LogP contribution < -0.4 is 38.1 Å². The van der Waals surface area contributed by atoms with E-state index in [1.165, 1.54) is 18.2 Å². The third-order valence-corrected chi connectivity index (χ3v) is 9.48. The Bertz CT molecular complexity index is 1810. The highest BCUT2D eigenvalue weighted by Gasteiger charge is 2.39. The highest BCUT2D eigenvalue weighted by atomic mass is 16.2. The number of aromatic nitrogens is 3.